The van der Waals surface area contributed by atoms with Gasteiger partial charge in [-0.1, -0.05) is 62.6 Å². The summed E-state index contributed by atoms with van der Waals surface area (Å²) in [6.07, 6.45) is 5.81. The molecule has 1 amide bonds. The summed E-state index contributed by atoms with van der Waals surface area (Å²) in [7, 11) is 0. The lowest BCUT2D eigenvalue weighted by Gasteiger charge is -2.24. The van der Waals surface area contributed by atoms with Gasteiger partial charge in [-0.25, -0.2) is 0 Å². The van der Waals surface area contributed by atoms with Gasteiger partial charge in [-0.05, 0) is 31.4 Å². The van der Waals surface area contributed by atoms with Crippen molar-refractivity contribution in [3.05, 3.63) is 29.3 Å². The summed E-state index contributed by atoms with van der Waals surface area (Å²) in [6.45, 7) is 5.43. The molecule has 1 rings (SSSR count). The Morgan fingerprint density at radius 2 is 1.65 bits per heavy atom. The van der Waals surface area contributed by atoms with E-state index in [1.54, 1.807) is 0 Å². The molecule has 144 valence electrons. The summed E-state index contributed by atoms with van der Waals surface area (Å²) in [5, 5.41) is 9.16. The molecule has 0 spiro atoms. The number of carbonyl (C=O) groups excluding carboxylic acids is 2. The molecule has 0 atom stereocenters. The number of carboxylic acid groups (broad SMARTS) is 1. The zero-order valence-electron chi connectivity index (χ0n) is 15.9. The molecular formula is C20H29NO4S. The van der Waals surface area contributed by atoms with Gasteiger partial charge in [0, 0.05) is 6.42 Å². The Hall–Kier alpha value is -1.82. The molecule has 1 aromatic carbocycles. The Kier molecular flexibility index (Phi) is 10.0. The smallest absolute Gasteiger partial charge is 0.323 e. The van der Waals surface area contributed by atoms with E-state index in [9.17, 15) is 19.5 Å². The number of hydrogen-bond donors (Lipinski definition) is 1. The van der Waals surface area contributed by atoms with Crippen molar-refractivity contribution >= 4 is 34.4 Å². The van der Waals surface area contributed by atoms with Crippen LogP contribution in [-0.2, 0) is 14.4 Å². The molecule has 0 saturated heterocycles. The van der Waals surface area contributed by atoms with Gasteiger partial charge in [0.2, 0.25) is 5.91 Å². The topological polar surface area (TPSA) is 74.7 Å². The van der Waals surface area contributed by atoms with Crippen LogP contribution in [0.4, 0.5) is 5.69 Å². The average Bonchev–Trinajstić information content (AvgIpc) is 2.58. The summed E-state index contributed by atoms with van der Waals surface area (Å²) in [5.74, 6) is -1.46. The number of carbonyl (C=O) groups is 3. The van der Waals surface area contributed by atoms with Crippen molar-refractivity contribution in [3.8, 4) is 0 Å². The van der Waals surface area contributed by atoms with E-state index < -0.39 is 12.5 Å². The van der Waals surface area contributed by atoms with Crippen LogP contribution in [0.3, 0.4) is 0 Å². The fourth-order valence-corrected chi connectivity index (χ4v) is 3.55. The molecule has 0 saturated carbocycles. The molecule has 26 heavy (non-hydrogen) atoms. The Morgan fingerprint density at radius 1 is 1.04 bits per heavy atom. The SMILES string of the molecule is CCCCCCCC(=O)SCC(=O)N(CC(=O)O)c1c(C)cccc1C. The number of aliphatic carboxylic acids is 1. The van der Waals surface area contributed by atoms with Gasteiger partial charge in [0.15, 0.2) is 5.12 Å². The van der Waals surface area contributed by atoms with Crippen molar-refractivity contribution in [1.82, 2.24) is 0 Å². The number of unbranched alkanes of at least 4 members (excludes halogenated alkanes) is 4. The molecule has 6 heteroatoms. The summed E-state index contributed by atoms with van der Waals surface area (Å²) in [6, 6.07) is 5.56. The minimum absolute atomic E-state index is 0.00775. The lowest BCUT2D eigenvalue weighted by Crippen LogP contribution is -2.38. The van der Waals surface area contributed by atoms with Gasteiger partial charge in [-0.3, -0.25) is 19.3 Å². The van der Waals surface area contributed by atoms with Gasteiger partial charge in [0.1, 0.15) is 6.54 Å². The van der Waals surface area contributed by atoms with Gasteiger partial charge in [0.25, 0.3) is 0 Å². The van der Waals surface area contributed by atoms with Crippen LogP contribution in [-0.4, -0.2) is 34.4 Å². The van der Waals surface area contributed by atoms with Crippen LogP contribution in [0.25, 0.3) is 0 Å². The van der Waals surface area contributed by atoms with Gasteiger partial charge in [0.05, 0.1) is 11.4 Å². The third-order valence-corrected chi connectivity index (χ3v) is 5.06. The highest BCUT2D eigenvalue weighted by atomic mass is 32.2. The molecule has 0 aliphatic heterocycles. The normalized spacial score (nSPS) is 10.6. The van der Waals surface area contributed by atoms with E-state index in [-0.39, 0.29) is 16.8 Å². The zero-order valence-corrected chi connectivity index (χ0v) is 16.7. The Bertz CT molecular complexity index is 610. The zero-order chi connectivity index (χ0) is 19.5. The Balaban J connectivity index is 2.65. The number of anilines is 1. The molecule has 0 aromatic heterocycles. The second-order valence-corrected chi connectivity index (χ2v) is 7.47. The first-order valence-electron chi connectivity index (χ1n) is 9.10. The number of carboxylic acids is 1. The molecule has 0 bridgehead atoms. The molecule has 5 nitrogen and oxygen atoms in total. The van der Waals surface area contributed by atoms with E-state index in [0.717, 1.165) is 48.6 Å². The van der Waals surface area contributed by atoms with Crippen molar-refractivity contribution < 1.29 is 19.5 Å². The van der Waals surface area contributed by atoms with E-state index in [0.29, 0.717) is 12.1 Å². The maximum absolute atomic E-state index is 12.6. The second kappa shape index (κ2) is 11.7. The molecule has 1 N–H and O–H groups in total. The number of thioether (sulfide) groups is 1. The number of benzene rings is 1. The first-order chi connectivity index (χ1) is 12.4. The van der Waals surface area contributed by atoms with Crippen LogP contribution in [0, 0.1) is 13.8 Å². The molecule has 0 fully saturated rings. The molecule has 0 radical (unpaired) electrons. The predicted molar refractivity (Wildman–Crippen MR) is 107 cm³/mol. The standard InChI is InChI=1S/C20H29NO4S/c1-4-5-6-7-8-12-19(25)26-14-17(22)21(13-18(23)24)20-15(2)10-9-11-16(20)3/h9-11H,4-8,12-14H2,1-3H3,(H,23,24). The summed E-state index contributed by atoms with van der Waals surface area (Å²) in [5.41, 5.74) is 2.30. The van der Waals surface area contributed by atoms with Gasteiger partial charge >= 0.3 is 5.97 Å². The van der Waals surface area contributed by atoms with Crippen LogP contribution < -0.4 is 4.90 Å². The highest BCUT2D eigenvalue weighted by Crippen LogP contribution is 2.25. The number of para-hydroxylation sites is 1. The molecule has 0 aliphatic rings. The molecule has 0 unspecified atom stereocenters. The van der Waals surface area contributed by atoms with Gasteiger partial charge in [-0.2, -0.15) is 0 Å². The Labute approximate surface area is 160 Å². The van der Waals surface area contributed by atoms with Crippen LogP contribution in [0.1, 0.15) is 56.6 Å². The van der Waals surface area contributed by atoms with Crippen LogP contribution >= 0.6 is 11.8 Å². The molecule has 0 aliphatic carbocycles. The maximum Gasteiger partial charge on any atom is 0.323 e. The summed E-state index contributed by atoms with van der Waals surface area (Å²) >= 11 is 0.987. The van der Waals surface area contributed by atoms with E-state index in [4.69, 9.17) is 0 Å². The second-order valence-electron chi connectivity index (χ2n) is 6.44. The molecular weight excluding hydrogens is 350 g/mol. The highest BCUT2D eigenvalue weighted by molar-refractivity contribution is 8.14. The number of aryl methyl sites for hydroxylation is 2. The summed E-state index contributed by atoms with van der Waals surface area (Å²) < 4.78 is 0. The molecule has 0 heterocycles. The third-order valence-electron chi connectivity index (χ3n) is 4.14. The fourth-order valence-electron chi connectivity index (χ4n) is 2.82. The lowest BCUT2D eigenvalue weighted by molar-refractivity contribution is -0.136. The first kappa shape index (κ1) is 22.2. The molecule has 1 aromatic rings. The number of hydrogen-bond acceptors (Lipinski definition) is 4. The van der Waals surface area contributed by atoms with E-state index in [2.05, 4.69) is 6.92 Å². The summed E-state index contributed by atoms with van der Waals surface area (Å²) in [4.78, 5) is 37.0. The Morgan fingerprint density at radius 3 is 2.23 bits per heavy atom. The number of rotatable bonds is 11. The maximum atomic E-state index is 12.6. The van der Waals surface area contributed by atoms with Gasteiger partial charge < -0.3 is 5.11 Å². The van der Waals surface area contributed by atoms with E-state index >= 15 is 0 Å². The third kappa shape index (κ3) is 7.60. The highest BCUT2D eigenvalue weighted by Gasteiger charge is 2.22. The fraction of sp³-hybridized carbons (Fsp3) is 0.550. The van der Waals surface area contributed by atoms with E-state index in [1.807, 2.05) is 32.0 Å². The first-order valence-corrected chi connectivity index (χ1v) is 10.1. The van der Waals surface area contributed by atoms with Crippen molar-refractivity contribution in [3.63, 3.8) is 0 Å². The predicted octanol–water partition coefficient (Wildman–Crippen LogP) is 4.34. The quantitative estimate of drug-likeness (QED) is 0.579. The van der Waals surface area contributed by atoms with Crippen molar-refractivity contribution in [2.24, 2.45) is 0 Å². The minimum Gasteiger partial charge on any atom is -0.480 e. The number of nitrogens with zero attached hydrogens (tertiary/aromatic N) is 1. The average molecular weight is 380 g/mol. The van der Waals surface area contributed by atoms with Crippen molar-refractivity contribution in [2.45, 2.75) is 59.3 Å². The van der Waals surface area contributed by atoms with E-state index in [1.165, 1.54) is 11.3 Å². The largest absolute Gasteiger partial charge is 0.480 e. The van der Waals surface area contributed by atoms with Crippen LogP contribution in [0.5, 0.6) is 0 Å². The monoisotopic (exact) mass is 379 g/mol. The van der Waals surface area contributed by atoms with Crippen LogP contribution in [0.2, 0.25) is 0 Å². The van der Waals surface area contributed by atoms with Gasteiger partial charge in [-0.15, -0.1) is 0 Å². The minimum atomic E-state index is -1.08. The van der Waals surface area contributed by atoms with Crippen molar-refractivity contribution in [2.75, 3.05) is 17.2 Å². The number of amides is 1. The van der Waals surface area contributed by atoms with Crippen molar-refractivity contribution in [1.29, 1.82) is 0 Å². The lowest BCUT2D eigenvalue weighted by atomic mass is 10.1. The van der Waals surface area contributed by atoms with Crippen LogP contribution in [0.15, 0.2) is 18.2 Å².